The van der Waals surface area contributed by atoms with Gasteiger partial charge in [0.1, 0.15) is 11.4 Å². The molecular formula is C15H19N3O2. The van der Waals surface area contributed by atoms with Gasteiger partial charge in [-0.25, -0.2) is 0 Å². The van der Waals surface area contributed by atoms with Gasteiger partial charge in [-0.2, -0.15) is 5.10 Å². The summed E-state index contributed by atoms with van der Waals surface area (Å²) in [5, 5.41) is 4.40. The summed E-state index contributed by atoms with van der Waals surface area (Å²) in [6, 6.07) is 9.43. The highest BCUT2D eigenvalue weighted by atomic mass is 16.5. The fourth-order valence-electron chi connectivity index (χ4n) is 1.91. The first-order valence-corrected chi connectivity index (χ1v) is 6.50. The third-order valence-electron chi connectivity index (χ3n) is 3.31. The maximum absolute atomic E-state index is 12.2. The molecule has 1 amide bonds. The zero-order chi connectivity index (χ0) is 14.7. The number of amides is 1. The van der Waals surface area contributed by atoms with Gasteiger partial charge in [0.25, 0.3) is 5.91 Å². The number of hydrogen-bond donors (Lipinski definition) is 0. The Kier molecular flexibility index (Phi) is 4.08. The van der Waals surface area contributed by atoms with E-state index >= 15 is 0 Å². The van der Waals surface area contributed by atoms with Crippen molar-refractivity contribution >= 4 is 5.91 Å². The number of aryl methyl sites for hydroxylation is 1. The van der Waals surface area contributed by atoms with Crippen LogP contribution in [-0.4, -0.2) is 41.3 Å². The van der Waals surface area contributed by atoms with Crippen LogP contribution in [0.1, 0.15) is 17.4 Å². The first kappa shape index (κ1) is 14.1. The van der Waals surface area contributed by atoms with Crippen molar-refractivity contribution in [3.05, 3.63) is 36.0 Å². The van der Waals surface area contributed by atoms with E-state index in [9.17, 15) is 4.79 Å². The number of hydrogen-bond acceptors (Lipinski definition) is 3. The van der Waals surface area contributed by atoms with Crippen LogP contribution in [0.15, 0.2) is 30.3 Å². The maximum atomic E-state index is 12.2. The number of methoxy groups -OCH3 is 1. The summed E-state index contributed by atoms with van der Waals surface area (Å²) >= 11 is 0. The van der Waals surface area contributed by atoms with Gasteiger partial charge in [-0.05, 0) is 37.3 Å². The number of carbonyl (C=O) groups is 1. The third kappa shape index (κ3) is 2.66. The van der Waals surface area contributed by atoms with Gasteiger partial charge >= 0.3 is 0 Å². The highest BCUT2D eigenvalue weighted by molar-refractivity contribution is 5.93. The minimum absolute atomic E-state index is 0.0257. The van der Waals surface area contributed by atoms with E-state index in [1.807, 2.05) is 37.3 Å². The molecule has 106 valence electrons. The van der Waals surface area contributed by atoms with Gasteiger partial charge in [-0.1, -0.05) is 0 Å². The zero-order valence-electron chi connectivity index (χ0n) is 12.3. The van der Waals surface area contributed by atoms with Crippen molar-refractivity contribution in [3.8, 4) is 17.0 Å². The Balaban J connectivity index is 2.32. The molecule has 0 bridgehead atoms. The Morgan fingerprint density at radius 1 is 1.35 bits per heavy atom. The minimum Gasteiger partial charge on any atom is -0.497 e. The van der Waals surface area contributed by atoms with E-state index < -0.39 is 0 Å². The van der Waals surface area contributed by atoms with Gasteiger partial charge in [0.2, 0.25) is 0 Å². The van der Waals surface area contributed by atoms with Crippen LogP contribution in [0.2, 0.25) is 0 Å². The summed E-state index contributed by atoms with van der Waals surface area (Å²) < 4.78 is 6.75. The number of carbonyl (C=O) groups excluding carboxylic acids is 1. The SMILES string of the molecule is CCN(C)C(=O)c1cc(-c2ccc(OC)cc2)nn1C. The van der Waals surface area contributed by atoms with Crippen molar-refractivity contribution < 1.29 is 9.53 Å². The normalized spacial score (nSPS) is 10.4. The van der Waals surface area contributed by atoms with E-state index in [-0.39, 0.29) is 5.91 Å². The Bertz CT molecular complexity index is 602. The molecule has 0 N–H and O–H groups in total. The molecule has 0 aliphatic heterocycles. The molecule has 1 heterocycles. The standard InChI is InChI=1S/C15H19N3O2/c1-5-17(2)15(19)14-10-13(16-18(14)3)11-6-8-12(20-4)9-7-11/h6-10H,5H2,1-4H3. The lowest BCUT2D eigenvalue weighted by Gasteiger charge is -2.13. The zero-order valence-corrected chi connectivity index (χ0v) is 12.3. The molecule has 20 heavy (non-hydrogen) atoms. The van der Waals surface area contributed by atoms with Crippen LogP contribution in [0.5, 0.6) is 5.75 Å². The molecule has 5 heteroatoms. The van der Waals surface area contributed by atoms with Crippen molar-refractivity contribution in [1.82, 2.24) is 14.7 Å². The van der Waals surface area contributed by atoms with Gasteiger partial charge in [-0.15, -0.1) is 0 Å². The van der Waals surface area contributed by atoms with Crippen LogP contribution in [0.3, 0.4) is 0 Å². The predicted octanol–water partition coefficient (Wildman–Crippen LogP) is 2.19. The predicted molar refractivity (Wildman–Crippen MR) is 77.8 cm³/mol. The molecule has 0 fully saturated rings. The van der Waals surface area contributed by atoms with Crippen molar-refractivity contribution in [1.29, 1.82) is 0 Å². The van der Waals surface area contributed by atoms with E-state index in [0.29, 0.717) is 12.2 Å². The van der Waals surface area contributed by atoms with Crippen LogP contribution in [0.4, 0.5) is 0 Å². The van der Waals surface area contributed by atoms with Gasteiger partial charge < -0.3 is 9.64 Å². The largest absolute Gasteiger partial charge is 0.497 e. The quantitative estimate of drug-likeness (QED) is 0.858. The number of aromatic nitrogens is 2. The summed E-state index contributed by atoms with van der Waals surface area (Å²) in [6.45, 7) is 2.61. The molecule has 0 atom stereocenters. The van der Waals surface area contributed by atoms with E-state index in [0.717, 1.165) is 17.0 Å². The smallest absolute Gasteiger partial charge is 0.271 e. The van der Waals surface area contributed by atoms with Gasteiger partial charge in [0.15, 0.2) is 0 Å². The molecule has 0 aliphatic rings. The fraction of sp³-hybridized carbons (Fsp3) is 0.333. The van der Waals surface area contributed by atoms with Crippen molar-refractivity contribution in [2.24, 2.45) is 7.05 Å². The summed E-state index contributed by atoms with van der Waals surface area (Å²) in [4.78, 5) is 13.8. The van der Waals surface area contributed by atoms with Crippen molar-refractivity contribution in [2.75, 3.05) is 20.7 Å². The van der Waals surface area contributed by atoms with E-state index in [1.54, 1.807) is 30.8 Å². The Morgan fingerprint density at radius 3 is 2.55 bits per heavy atom. The summed E-state index contributed by atoms with van der Waals surface area (Å²) in [5.41, 5.74) is 2.32. The molecular weight excluding hydrogens is 254 g/mol. The topological polar surface area (TPSA) is 47.4 Å². The number of nitrogens with zero attached hydrogens (tertiary/aromatic N) is 3. The first-order valence-electron chi connectivity index (χ1n) is 6.50. The Morgan fingerprint density at radius 2 is 2.00 bits per heavy atom. The number of benzene rings is 1. The molecule has 2 rings (SSSR count). The Labute approximate surface area is 118 Å². The summed E-state index contributed by atoms with van der Waals surface area (Å²) in [6.07, 6.45) is 0. The summed E-state index contributed by atoms with van der Waals surface area (Å²) in [5.74, 6) is 0.772. The van der Waals surface area contributed by atoms with Crippen molar-refractivity contribution in [2.45, 2.75) is 6.92 Å². The third-order valence-corrected chi connectivity index (χ3v) is 3.31. The first-order chi connectivity index (χ1) is 9.56. The average Bonchev–Trinajstić information content (AvgIpc) is 2.87. The molecule has 0 unspecified atom stereocenters. The summed E-state index contributed by atoms with van der Waals surface area (Å²) in [7, 11) is 5.19. The van der Waals surface area contributed by atoms with Crippen LogP contribution in [-0.2, 0) is 7.05 Å². The number of ether oxygens (including phenoxy) is 1. The lowest BCUT2D eigenvalue weighted by Crippen LogP contribution is -2.28. The van der Waals surface area contributed by atoms with Gasteiger partial charge in [-0.3, -0.25) is 9.48 Å². The van der Waals surface area contributed by atoms with Gasteiger partial charge in [0.05, 0.1) is 12.8 Å². The second-order valence-corrected chi connectivity index (χ2v) is 4.59. The monoisotopic (exact) mass is 273 g/mol. The second kappa shape index (κ2) is 5.77. The Hall–Kier alpha value is -2.30. The fourth-order valence-corrected chi connectivity index (χ4v) is 1.91. The lowest BCUT2D eigenvalue weighted by atomic mass is 10.1. The molecule has 0 aliphatic carbocycles. The molecule has 1 aromatic carbocycles. The van der Waals surface area contributed by atoms with E-state index in [1.165, 1.54) is 0 Å². The average molecular weight is 273 g/mol. The molecule has 0 radical (unpaired) electrons. The minimum atomic E-state index is -0.0257. The van der Waals surface area contributed by atoms with Crippen LogP contribution < -0.4 is 4.74 Å². The van der Waals surface area contributed by atoms with Crippen molar-refractivity contribution in [3.63, 3.8) is 0 Å². The van der Waals surface area contributed by atoms with E-state index in [2.05, 4.69) is 5.10 Å². The van der Waals surface area contributed by atoms with Crippen LogP contribution >= 0.6 is 0 Å². The van der Waals surface area contributed by atoms with Crippen LogP contribution in [0.25, 0.3) is 11.3 Å². The molecule has 2 aromatic rings. The van der Waals surface area contributed by atoms with Crippen LogP contribution in [0, 0.1) is 0 Å². The van der Waals surface area contributed by atoms with Gasteiger partial charge in [0, 0.05) is 26.2 Å². The number of rotatable bonds is 4. The molecule has 1 aromatic heterocycles. The highest BCUT2D eigenvalue weighted by Crippen LogP contribution is 2.22. The van der Waals surface area contributed by atoms with E-state index in [4.69, 9.17) is 4.74 Å². The molecule has 0 saturated carbocycles. The molecule has 5 nitrogen and oxygen atoms in total. The highest BCUT2D eigenvalue weighted by Gasteiger charge is 2.16. The second-order valence-electron chi connectivity index (χ2n) is 4.59. The molecule has 0 saturated heterocycles. The maximum Gasteiger partial charge on any atom is 0.271 e. The molecule has 0 spiro atoms. The lowest BCUT2D eigenvalue weighted by molar-refractivity contribution is 0.0791.